The van der Waals surface area contributed by atoms with Crippen LogP contribution in [0.15, 0.2) is 18.3 Å². The number of carbonyl (C=O) groups excluding carboxylic acids is 1. The molecule has 1 aromatic heterocycles. The summed E-state index contributed by atoms with van der Waals surface area (Å²) in [7, 11) is 1.51. The summed E-state index contributed by atoms with van der Waals surface area (Å²) in [6.45, 7) is 0.886. The van der Waals surface area contributed by atoms with Crippen molar-refractivity contribution in [2.75, 3.05) is 26.8 Å². The van der Waals surface area contributed by atoms with Gasteiger partial charge in [-0.3, -0.25) is 4.79 Å². The van der Waals surface area contributed by atoms with Gasteiger partial charge in [0.05, 0.1) is 24.7 Å². The van der Waals surface area contributed by atoms with Crippen molar-refractivity contribution in [1.82, 2.24) is 9.88 Å². The summed E-state index contributed by atoms with van der Waals surface area (Å²) in [5.74, 6) is -1.28. The Kier molecular flexibility index (Phi) is 5.74. The molecule has 0 bridgehead atoms. The molecule has 0 aliphatic heterocycles. The molecule has 96 valence electrons. The van der Waals surface area contributed by atoms with Gasteiger partial charge in [-0.15, -0.1) is 0 Å². The van der Waals surface area contributed by atoms with E-state index in [-0.39, 0.29) is 18.5 Å². The SMILES string of the molecule is COCCN(CCC#N)C(=O)c1cccnc1F. The highest BCUT2D eigenvalue weighted by Crippen LogP contribution is 2.08. The summed E-state index contributed by atoms with van der Waals surface area (Å²) in [5.41, 5.74) is -0.0912. The Morgan fingerprint density at radius 1 is 1.61 bits per heavy atom. The van der Waals surface area contributed by atoms with Crippen molar-refractivity contribution in [3.63, 3.8) is 0 Å². The monoisotopic (exact) mass is 251 g/mol. The van der Waals surface area contributed by atoms with Crippen LogP contribution in [0.1, 0.15) is 16.8 Å². The number of halogens is 1. The number of rotatable bonds is 6. The Labute approximate surface area is 105 Å². The lowest BCUT2D eigenvalue weighted by Crippen LogP contribution is -2.35. The molecule has 1 heterocycles. The number of nitriles is 1. The maximum absolute atomic E-state index is 13.4. The smallest absolute Gasteiger partial charge is 0.258 e. The molecule has 18 heavy (non-hydrogen) atoms. The maximum Gasteiger partial charge on any atom is 0.258 e. The van der Waals surface area contributed by atoms with E-state index in [2.05, 4.69) is 4.98 Å². The van der Waals surface area contributed by atoms with E-state index in [9.17, 15) is 9.18 Å². The number of ether oxygens (including phenoxy) is 1. The topological polar surface area (TPSA) is 66.2 Å². The molecule has 1 aromatic rings. The number of methoxy groups -OCH3 is 1. The standard InChI is InChI=1S/C12H14FN3O2/c1-18-9-8-16(7-3-5-14)12(17)10-4-2-6-15-11(10)13/h2,4,6H,3,7-9H2,1H3. The molecule has 1 amide bonds. The molecular weight excluding hydrogens is 237 g/mol. The molecule has 6 heteroatoms. The first kappa shape index (κ1) is 14.1. The molecule has 0 radical (unpaired) electrons. The Balaban J connectivity index is 2.81. The summed E-state index contributed by atoms with van der Waals surface area (Å²) in [4.78, 5) is 16.9. The van der Waals surface area contributed by atoms with Crippen molar-refractivity contribution in [2.24, 2.45) is 0 Å². The van der Waals surface area contributed by atoms with Crippen molar-refractivity contribution in [3.8, 4) is 6.07 Å². The van der Waals surface area contributed by atoms with Crippen LogP contribution in [0, 0.1) is 17.3 Å². The number of aromatic nitrogens is 1. The zero-order valence-corrected chi connectivity index (χ0v) is 10.1. The fraction of sp³-hybridized carbons (Fsp3) is 0.417. The molecule has 0 N–H and O–H groups in total. The van der Waals surface area contributed by atoms with Crippen LogP contribution >= 0.6 is 0 Å². The lowest BCUT2D eigenvalue weighted by Gasteiger charge is -2.21. The summed E-state index contributed by atoms with van der Waals surface area (Å²) in [5, 5.41) is 8.54. The summed E-state index contributed by atoms with van der Waals surface area (Å²) in [6.07, 6.45) is 1.47. The Hall–Kier alpha value is -2.00. The lowest BCUT2D eigenvalue weighted by atomic mass is 10.2. The van der Waals surface area contributed by atoms with E-state index in [1.807, 2.05) is 6.07 Å². The second-order valence-electron chi connectivity index (χ2n) is 3.53. The van der Waals surface area contributed by atoms with Crippen LogP contribution in [0.25, 0.3) is 0 Å². The Morgan fingerprint density at radius 2 is 2.39 bits per heavy atom. The molecule has 1 rings (SSSR count). The van der Waals surface area contributed by atoms with E-state index < -0.39 is 11.9 Å². The van der Waals surface area contributed by atoms with Crippen LogP contribution in [-0.4, -0.2) is 42.6 Å². The molecule has 0 aliphatic rings. The lowest BCUT2D eigenvalue weighted by molar-refractivity contribution is 0.0694. The van der Waals surface area contributed by atoms with E-state index in [4.69, 9.17) is 10.00 Å². The molecule has 0 saturated carbocycles. The normalized spacial score (nSPS) is 9.83. The highest BCUT2D eigenvalue weighted by molar-refractivity contribution is 5.94. The first-order valence-electron chi connectivity index (χ1n) is 5.46. The first-order valence-corrected chi connectivity index (χ1v) is 5.46. The van der Waals surface area contributed by atoms with Gasteiger partial charge in [-0.2, -0.15) is 9.65 Å². The largest absolute Gasteiger partial charge is 0.383 e. The Bertz CT molecular complexity index is 445. The molecule has 0 fully saturated rings. The molecule has 0 saturated heterocycles. The number of amides is 1. The zero-order valence-electron chi connectivity index (χ0n) is 10.1. The van der Waals surface area contributed by atoms with Crippen LogP contribution < -0.4 is 0 Å². The van der Waals surface area contributed by atoms with E-state index in [0.717, 1.165) is 0 Å². The van der Waals surface area contributed by atoms with Gasteiger partial charge in [0.1, 0.15) is 0 Å². The number of nitrogens with zero attached hydrogens (tertiary/aromatic N) is 3. The minimum absolute atomic E-state index is 0.0912. The van der Waals surface area contributed by atoms with Crippen LogP contribution in [0.5, 0.6) is 0 Å². The van der Waals surface area contributed by atoms with Crippen LogP contribution in [-0.2, 0) is 4.74 Å². The average Bonchev–Trinajstić information content (AvgIpc) is 2.39. The minimum atomic E-state index is -0.804. The van der Waals surface area contributed by atoms with Gasteiger partial charge in [-0.1, -0.05) is 0 Å². The second kappa shape index (κ2) is 7.35. The fourth-order valence-electron chi connectivity index (χ4n) is 1.42. The van der Waals surface area contributed by atoms with Crippen molar-refractivity contribution in [1.29, 1.82) is 5.26 Å². The zero-order chi connectivity index (χ0) is 13.4. The van der Waals surface area contributed by atoms with Gasteiger partial charge in [-0.05, 0) is 12.1 Å². The van der Waals surface area contributed by atoms with Gasteiger partial charge in [-0.25, -0.2) is 4.98 Å². The summed E-state index contributed by atoms with van der Waals surface area (Å²) < 4.78 is 18.3. The molecule has 0 atom stereocenters. The number of pyridine rings is 1. The van der Waals surface area contributed by atoms with Crippen LogP contribution in [0.4, 0.5) is 4.39 Å². The van der Waals surface area contributed by atoms with Gasteiger partial charge < -0.3 is 9.64 Å². The predicted octanol–water partition coefficient (Wildman–Crippen LogP) is 1.22. The van der Waals surface area contributed by atoms with E-state index in [1.54, 1.807) is 0 Å². The molecule has 0 unspecified atom stereocenters. The van der Waals surface area contributed by atoms with Crippen molar-refractivity contribution >= 4 is 5.91 Å². The average molecular weight is 251 g/mol. The van der Waals surface area contributed by atoms with Gasteiger partial charge in [0, 0.05) is 26.4 Å². The van der Waals surface area contributed by atoms with Gasteiger partial charge in [0.25, 0.3) is 5.91 Å². The van der Waals surface area contributed by atoms with Crippen molar-refractivity contribution in [3.05, 3.63) is 29.8 Å². The predicted molar refractivity (Wildman–Crippen MR) is 62.2 cm³/mol. The van der Waals surface area contributed by atoms with Crippen molar-refractivity contribution in [2.45, 2.75) is 6.42 Å². The van der Waals surface area contributed by atoms with Crippen LogP contribution in [0.2, 0.25) is 0 Å². The van der Waals surface area contributed by atoms with E-state index in [0.29, 0.717) is 13.2 Å². The fourth-order valence-corrected chi connectivity index (χ4v) is 1.42. The van der Waals surface area contributed by atoms with Crippen molar-refractivity contribution < 1.29 is 13.9 Å². The third-order valence-electron chi connectivity index (χ3n) is 2.34. The third-order valence-corrected chi connectivity index (χ3v) is 2.34. The number of hydrogen-bond acceptors (Lipinski definition) is 4. The first-order chi connectivity index (χ1) is 8.70. The Morgan fingerprint density at radius 3 is 3.00 bits per heavy atom. The summed E-state index contributed by atoms with van der Waals surface area (Å²) >= 11 is 0. The molecule has 0 aliphatic carbocycles. The van der Waals surface area contributed by atoms with Gasteiger partial charge in [0.2, 0.25) is 5.95 Å². The van der Waals surface area contributed by atoms with Crippen LogP contribution in [0.3, 0.4) is 0 Å². The number of carbonyl (C=O) groups is 1. The number of hydrogen-bond donors (Lipinski definition) is 0. The van der Waals surface area contributed by atoms with E-state index >= 15 is 0 Å². The quantitative estimate of drug-likeness (QED) is 0.713. The highest BCUT2D eigenvalue weighted by atomic mass is 19.1. The third kappa shape index (κ3) is 3.79. The second-order valence-corrected chi connectivity index (χ2v) is 3.53. The minimum Gasteiger partial charge on any atom is -0.383 e. The van der Waals surface area contributed by atoms with Gasteiger partial charge >= 0.3 is 0 Å². The summed E-state index contributed by atoms with van der Waals surface area (Å²) in [6, 6.07) is 4.82. The van der Waals surface area contributed by atoms with Gasteiger partial charge in [0.15, 0.2) is 0 Å². The molecule has 0 aromatic carbocycles. The maximum atomic E-state index is 13.4. The molecule has 0 spiro atoms. The van der Waals surface area contributed by atoms with E-state index in [1.165, 1.54) is 30.3 Å². The molecule has 5 nitrogen and oxygen atoms in total. The highest BCUT2D eigenvalue weighted by Gasteiger charge is 2.19. The molecular formula is C12H14FN3O2.